The first-order valence-corrected chi connectivity index (χ1v) is 8.15. The fraction of sp³-hybridized carbons (Fsp3) is 0.636. The Labute approximate surface area is 111 Å². The molecular weight excluding hydrogens is 268 g/mol. The standard InChI is InChI=1S/C11H16N4O3S/c16-11(15-3-5-19(17,18)6-4-15)10-8-1-2-12-7-9(8)13-14-10/h12H,1-7H2,(H,13,14). The number of sulfone groups is 1. The maximum absolute atomic E-state index is 12.4. The van der Waals surface area contributed by atoms with Crippen LogP contribution in [0, 0.1) is 0 Å². The molecule has 2 N–H and O–H groups in total. The third kappa shape index (κ3) is 2.37. The van der Waals surface area contributed by atoms with Crippen LogP contribution in [-0.4, -0.2) is 60.6 Å². The summed E-state index contributed by atoms with van der Waals surface area (Å²) in [7, 11) is -2.97. The summed E-state index contributed by atoms with van der Waals surface area (Å²) in [6, 6.07) is 0. The minimum atomic E-state index is -2.97. The molecule has 0 spiro atoms. The number of fused-ring (bicyclic) bond motifs is 1. The number of carbonyl (C=O) groups is 1. The molecule has 2 aliphatic heterocycles. The smallest absolute Gasteiger partial charge is 0.274 e. The first-order valence-electron chi connectivity index (χ1n) is 6.33. The van der Waals surface area contributed by atoms with E-state index in [0.717, 1.165) is 24.2 Å². The third-order valence-corrected chi connectivity index (χ3v) is 5.25. The van der Waals surface area contributed by atoms with E-state index in [1.54, 1.807) is 4.90 Å². The average molecular weight is 284 g/mol. The van der Waals surface area contributed by atoms with Crippen LogP contribution in [0.15, 0.2) is 0 Å². The van der Waals surface area contributed by atoms with Gasteiger partial charge in [-0.3, -0.25) is 9.89 Å². The minimum Gasteiger partial charge on any atom is -0.335 e. The SMILES string of the molecule is O=C(c1n[nH]c2c1CCNC2)N1CCS(=O)(=O)CC1. The van der Waals surface area contributed by atoms with E-state index in [1.807, 2.05) is 0 Å². The molecule has 0 radical (unpaired) electrons. The lowest BCUT2D eigenvalue weighted by atomic mass is 10.1. The number of carbonyl (C=O) groups excluding carboxylic acids is 1. The Hall–Kier alpha value is -1.41. The van der Waals surface area contributed by atoms with Gasteiger partial charge in [0.2, 0.25) is 0 Å². The zero-order valence-corrected chi connectivity index (χ0v) is 11.3. The fourth-order valence-corrected chi connectivity index (χ4v) is 3.69. The molecule has 1 amide bonds. The van der Waals surface area contributed by atoms with Crippen LogP contribution in [0.25, 0.3) is 0 Å². The maximum atomic E-state index is 12.4. The molecule has 1 saturated heterocycles. The fourth-order valence-electron chi connectivity index (χ4n) is 2.49. The molecule has 8 heteroatoms. The van der Waals surface area contributed by atoms with Crippen LogP contribution in [0.3, 0.4) is 0 Å². The molecule has 0 bridgehead atoms. The van der Waals surface area contributed by atoms with Crippen molar-refractivity contribution in [3.63, 3.8) is 0 Å². The molecule has 19 heavy (non-hydrogen) atoms. The zero-order valence-electron chi connectivity index (χ0n) is 10.5. The first-order chi connectivity index (χ1) is 9.07. The molecule has 3 rings (SSSR count). The van der Waals surface area contributed by atoms with Gasteiger partial charge in [0.25, 0.3) is 5.91 Å². The molecule has 0 saturated carbocycles. The van der Waals surface area contributed by atoms with E-state index in [4.69, 9.17) is 0 Å². The lowest BCUT2D eigenvalue weighted by molar-refractivity contribution is 0.0763. The molecule has 2 aliphatic rings. The van der Waals surface area contributed by atoms with Gasteiger partial charge in [-0.25, -0.2) is 8.42 Å². The molecule has 0 aliphatic carbocycles. The van der Waals surface area contributed by atoms with Crippen molar-refractivity contribution in [2.24, 2.45) is 0 Å². The summed E-state index contributed by atoms with van der Waals surface area (Å²) < 4.78 is 22.7. The quantitative estimate of drug-likeness (QED) is 0.684. The predicted octanol–water partition coefficient (Wildman–Crippen LogP) is -1.07. The Morgan fingerprint density at radius 3 is 2.74 bits per heavy atom. The number of hydrogen-bond donors (Lipinski definition) is 2. The third-order valence-electron chi connectivity index (χ3n) is 3.64. The minimum absolute atomic E-state index is 0.0485. The van der Waals surface area contributed by atoms with Gasteiger partial charge in [0.15, 0.2) is 15.5 Å². The summed E-state index contributed by atoms with van der Waals surface area (Å²) in [4.78, 5) is 14.0. The van der Waals surface area contributed by atoms with Crippen LogP contribution in [-0.2, 0) is 22.8 Å². The molecule has 3 heterocycles. The molecule has 0 atom stereocenters. The normalized spacial score (nSPS) is 22.0. The number of aromatic nitrogens is 2. The van der Waals surface area contributed by atoms with Gasteiger partial charge in [-0.05, 0) is 13.0 Å². The van der Waals surface area contributed by atoms with Gasteiger partial charge in [0, 0.05) is 25.2 Å². The Kier molecular flexibility index (Phi) is 3.06. The monoisotopic (exact) mass is 284 g/mol. The van der Waals surface area contributed by atoms with Crippen molar-refractivity contribution in [3.05, 3.63) is 17.0 Å². The van der Waals surface area contributed by atoms with Crippen LogP contribution >= 0.6 is 0 Å². The van der Waals surface area contributed by atoms with E-state index in [0.29, 0.717) is 12.2 Å². The van der Waals surface area contributed by atoms with Crippen molar-refractivity contribution in [3.8, 4) is 0 Å². The van der Waals surface area contributed by atoms with Crippen LogP contribution in [0.2, 0.25) is 0 Å². The van der Waals surface area contributed by atoms with E-state index in [-0.39, 0.29) is 30.5 Å². The Morgan fingerprint density at radius 1 is 1.26 bits per heavy atom. The van der Waals surface area contributed by atoms with E-state index in [1.165, 1.54) is 0 Å². The molecular formula is C11H16N4O3S. The maximum Gasteiger partial charge on any atom is 0.274 e. The number of hydrogen-bond acceptors (Lipinski definition) is 5. The lowest BCUT2D eigenvalue weighted by Crippen LogP contribution is -2.44. The average Bonchev–Trinajstić information content (AvgIpc) is 2.82. The molecule has 0 aromatic carbocycles. The van der Waals surface area contributed by atoms with Gasteiger partial charge >= 0.3 is 0 Å². The number of nitrogens with zero attached hydrogens (tertiary/aromatic N) is 2. The molecule has 1 aromatic rings. The second-order valence-electron chi connectivity index (χ2n) is 4.90. The van der Waals surface area contributed by atoms with Crippen molar-refractivity contribution in [1.29, 1.82) is 0 Å². The number of amides is 1. The highest BCUT2D eigenvalue weighted by molar-refractivity contribution is 7.91. The second kappa shape index (κ2) is 4.61. The summed E-state index contributed by atoms with van der Waals surface area (Å²) in [5, 5.41) is 10.2. The number of rotatable bonds is 1. The Balaban J connectivity index is 1.79. The molecule has 1 fully saturated rings. The lowest BCUT2D eigenvalue weighted by Gasteiger charge is -2.26. The van der Waals surface area contributed by atoms with Gasteiger partial charge in [-0.1, -0.05) is 0 Å². The van der Waals surface area contributed by atoms with Gasteiger partial charge in [0.1, 0.15) is 0 Å². The molecule has 104 valence electrons. The van der Waals surface area contributed by atoms with Crippen LogP contribution < -0.4 is 5.32 Å². The van der Waals surface area contributed by atoms with E-state index < -0.39 is 9.84 Å². The summed E-state index contributed by atoms with van der Waals surface area (Å²) in [6.07, 6.45) is 0.777. The molecule has 1 aromatic heterocycles. The van der Waals surface area contributed by atoms with Crippen molar-refractivity contribution in [1.82, 2.24) is 20.4 Å². The number of aromatic amines is 1. The molecule has 0 unspecified atom stereocenters. The number of nitrogens with one attached hydrogen (secondary N) is 2. The largest absolute Gasteiger partial charge is 0.335 e. The highest BCUT2D eigenvalue weighted by Crippen LogP contribution is 2.18. The van der Waals surface area contributed by atoms with Crippen molar-refractivity contribution in [2.75, 3.05) is 31.1 Å². The van der Waals surface area contributed by atoms with E-state index >= 15 is 0 Å². The summed E-state index contributed by atoms with van der Waals surface area (Å²) in [5.74, 6) is -0.0610. The summed E-state index contributed by atoms with van der Waals surface area (Å²) in [6.45, 7) is 2.06. The van der Waals surface area contributed by atoms with Crippen molar-refractivity contribution >= 4 is 15.7 Å². The van der Waals surface area contributed by atoms with Crippen LogP contribution in [0.5, 0.6) is 0 Å². The highest BCUT2D eigenvalue weighted by atomic mass is 32.2. The summed E-state index contributed by atoms with van der Waals surface area (Å²) >= 11 is 0. The second-order valence-corrected chi connectivity index (χ2v) is 7.20. The number of H-pyrrole nitrogens is 1. The highest BCUT2D eigenvalue weighted by Gasteiger charge is 2.29. The van der Waals surface area contributed by atoms with Gasteiger partial charge in [-0.15, -0.1) is 0 Å². The first kappa shape index (κ1) is 12.6. The van der Waals surface area contributed by atoms with Gasteiger partial charge in [0.05, 0.1) is 17.2 Å². The molecule has 7 nitrogen and oxygen atoms in total. The van der Waals surface area contributed by atoms with E-state index in [9.17, 15) is 13.2 Å². The van der Waals surface area contributed by atoms with Crippen molar-refractivity contribution < 1.29 is 13.2 Å². The summed E-state index contributed by atoms with van der Waals surface area (Å²) in [5.41, 5.74) is 2.38. The Morgan fingerprint density at radius 2 is 2.00 bits per heavy atom. The van der Waals surface area contributed by atoms with Gasteiger partial charge < -0.3 is 10.2 Å². The predicted molar refractivity (Wildman–Crippen MR) is 68.6 cm³/mol. The van der Waals surface area contributed by atoms with Gasteiger partial charge in [-0.2, -0.15) is 5.10 Å². The van der Waals surface area contributed by atoms with Crippen molar-refractivity contribution in [2.45, 2.75) is 13.0 Å². The van der Waals surface area contributed by atoms with Crippen LogP contribution in [0.4, 0.5) is 0 Å². The van der Waals surface area contributed by atoms with Crippen LogP contribution in [0.1, 0.15) is 21.7 Å². The topological polar surface area (TPSA) is 95.2 Å². The zero-order chi connectivity index (χ0) is 13.5. The Bertz CT molecular complexity index is 593. The van der Waals surface area contributed by atoms with E-state index in [2.05, 4.69) is 15.5 Å².